The van der Waals surface area contributed by atoms with Gasteiger partial charge in [-0.05, 0) is 56.3 Å². The Bertz CT molecular complexity index is 606. The zero-order valence-electron chi connectivity index (χ0n) is 17.4. The van der Waals surface area contributed by atoms with Gasteiger partial charge in [0.25, 0.3) is 0 Å². The SMILES string of the molecule is CCC=CCC=CCC=CCC=CCC=CCCCC(=O)NCCSP(=O)(O)O. The van der Waals surface area contributed by atoms with Gasteiger partial charge in [0.15, 0.2) is 0 Å². The zero-order valence-corrected chi connectivity index (χ0v) is 19.1. The van der Waals surface area contributed by atoms with E-state index in [1.165, 1.54) is 0 Å². The summed E-state index contributed by atoms with van der Waals surface area (Å²) in [5.41, 5.74) is 0. The van der Waals surface area contributed by atoms with E-state index in [9.17, 15) is 9.36 Å². The molecule has 0 aliphatic rings. The van der Waals surface area contributed by atoms with E-state index in [4.69, 9.17) is 9.79 Å². The monoisotopic (exact) mass is 441 g/mol. The molecule has 0 radical (unpaired) electrons. The predicted molar refractivity (Wildman–Crippen MR) is 126 cm³/mol. The second-order valence-corrected chi connectivity index (χ2v) is 10.1. The summed E-state index contributed by atoms with van der Waals surface area (Å²) in [5.74, 6) is 0.133. The topological polar surface area (TPSA) is 86.6 Å². The molecule has 0 heterocycles. The molecule has 0 bridgehead atoms. The second-order valence-electron chi connectivity index (χ2n) is 6.27. The third-order valence-corrected chi connectivity index (χ3v) is 5.90. The fourth-order valence-corrected chi connectivity index (χ4v) is 3.61. The molecule has 0 unspecified atom stereocenters. The number of rotatable bonds is 17. The van der Waals surface area contributed by atoms with Crippen molar-refractivity contribution in [3.63, 3.8) is 0 Å². The van der Waals surface area contributed by atoms with Crippen molar-refractivity contribution < 1.29 is 19.1 Å². The minimum Gasteiger partial charge on any atom is -0.355 e. The molecule has 0 aromatic heterocycles. The van der Waals surface area contributed by atoms with Gasteiger partial charge in [0.2, 0.25) is 5.91 Å². The molecule has 7 heteroatoms. The number of amides is 1. The first-order chi connectivity index (χ1) is 14.0. The molecule has 1 amide bonds. The lowest BCUT2D eigenvalue weighted by Gasteiger charge is -2.05. The standard InChI is InChI=1S/C22H36NO4PS/c1-2-3-4-5-6-7-8-9-10-11-12-13-14-15-16-17-18-19-22(24)23-20-21-29-28(25,26)27/h3-4,6-7,9-10,12-13,15-16H,2,5,8,11,14,17-21H2,1H3,(H,23,24)(H2,25,26,27). The number of allylic oxidation sites excluding steroid dienone is 10. The predicted octanol–water partition coefficient (Wildman–Crippen LogP) is 5.85. The van der Waals surface area contributed by atoms with Crippen molar-refractivity contribution >= 4 is 24.1 Å². The number of unbranched alkanes of at least 4 members (excludes halogenated alkanes) is 1. The van der Waals surface area contributed by atoms with Crippen LogP contribution < -0.4 is 5.32 Å². The van der Waals surface area contributed by atoms with Crippen LogP contribution in [0.15, 0.2) is 60.8 Å². The van der Waals surface area contributed by atoms with E-state index < -0.39 is 6.80 Å². The Hall–Kier alpha value is -1.33. The highest BCUT2D eigenvalue weighted by molar-refractivity contribution is 8.54. The summed E-state index contributed by atoms with van der Waals surface area (Å²) in [6.07, 6.45) is 28.5. The lowest BCUT2D eigenvalue weighted by Crippen LogP contribution is -2.25. The van der Waals surface area contributed by atoms with E-state index in [1.807, 2.05) is 0 Å². The highest BCUT2D eigenvalue weighted by atomic mass is 32.7. The molecular weight excluding hydrogens is 405 g/mol. The molecule has 0 fully saturated rings. The van der Waals surface area contributed by atoms with Crippen LogP contribution in [0.4, 0.5) is 0 Å². The second kappa shape index (κ2) is 20.0. The van der Waals surface area contributed by atoms with Crippen LogP contribution in [0.2, 0.25) is 0 Å². The van der Waals surface area contributed by atoms with E-state index in [-0.39, 0.29) is 18.2 Å². The molecule has 5 nitrogen and oxygen atoms in total. The number of carbonyl (C=O) groups is 1. The summed E-state index contributed by atoms with van der Waals surface area (Å²) in [7, 11) is 0. The van der Waals surface area contributed by atoms with Crippen LogP contribution in [0.5, 0.6) is 0 Å². The average molecular weight is 442 g/mol. The van der Waals surface area contributed by atoms with Gasteiger partial charge < -0.3 is 15.1 Å². The van der Waals surface area contributed by atoms with Gasteiger partial charge in [-0.25, -0.2) is 4.57 Å². The van der Waals surface area contributed by atoms with Gasteiger partial charge in [-0.15, -0.1) is 0 Å². The number of carbonyl (C=O) groups excluding carboxylic acids is 1. The highest BCUT2D eigenvalue weighted by Crippen LogP contribution is 2.49. The Morgan fingerprint density at radius 1 is 0.862 bits per heavy atom. The molecule has 0 spiro atoms. The molecular formula is C22H36NO4PS. The number of hydrogen-bond acceptors (Lipinski definition) is 3. The fraction of sp³-hybridized carbons (Fsp3) is 0.500. The third-order valence-electron chi connectivity index (χ3n) is 3.62. The summed E-state index contributed by atoms with van der Waals surface area (Å²) < 4.78 is 10.6. The van der Waals surface area contributed by atoms with E-state index in [0.717, 1.165) is 44.9 Å². The van der Waals surface area contributed by atoms with Crippen LogP contribution in [0.1, 0.15) is 58.3 Å². The molecule has 0 atom stereocenters. The van der Waals surface area contributed by atoms with Gasteiger partial charge in [-0.3, -0.25) is 4.79 Å². The van der Waals surface area contributed by atoms with Crippen LogP contribution in [-0.4, -0.2) is 28.0 Å². The molecule has 0 saturated carbocycles. The first-order valence-electron chi connectivity index (χ1n) is 10.2. The third kappa shape index (κ3) is 24.6. The normalized spacial score (nSPS) is 13.1. The van der Waals surface area contributed by atoms with Gasteiger partial charge in [-0.2, -0.15) is 0 Å². The lowest BCUT2D eigenvalue weighted by molar-refractivity contribution is -0.121. The highest BCUT2D eigenvalue weighted by Gasteiger charge is 2.12. The molecule has 3 N–H and O–H groups in total. The summed E-state index contributed by atoms with van der Waals surface area (Å²) in [4.78, 5) is 28.9. The Labute approximate surface area is 180 Å². The lowest BCUT2D eigenvalue weighted by atomic mass is 10.2. The average Bonchev–Trinajstić information content (AvgIpc) is 2.67. The van der Waals surface area contributed by atoms with Gasteiger partial charge in [0, 0.05) is 18.7 Å². The van der Waals surface area contributed by atoms with Crippen LogP contribution >= 0.6 is 18.2 Å². The molecule has 0 saturated heterocycles. The van der Waals surface area contributed by atoms with Crippen LogP contribution in [0.3, 0.4) is 0 Å². The summed E-state index contributed by atoms with van der Waals surface area (Å²) in [6.45, 7) is -1.63. The van der Waals surface area contributed by atoms with Crippen molar-refractivity contribution in [2.45, 2.75) is 58.3 Å². The maximum absolute atomic E-state index is 11.6. The van der Waals surface area contributed by atoms with Crippen molar-refractivity contribution in [2.75, 3.05) is 12.3 Å². The van der Waals surface area contributed by atoms with Crippen molar-refractivity contribution in [1.82, 2.24) is 5.32 Å². The van der Waals surface area contributed by atoms with E-state index >= 15 is 0 Å². The van der Waals surface area contributed by atoms with Crippen LogP contribution in [0.25, 0.3) is 0 Å². The zero-order chi connectivity index (χ0) is 21.6. The van der Waals surface area contributed by atoms with Crippen molar-refractivity contribution in [3.05, 3.63) is 60.8 Å². The Kier molecular flexibility index (Phi) is 19.0. The van der Waals surface area contributed by atoms with Gasteiger partial charge in [-0.1, -0.05) is 67.7 Å². The Balaban J connectivity index is 3.54. The molecule has 0 aliphatic heterocycles. The van der Waals surface area contributed by atoms with Crippen molar-refractivity contribution in [2.24, 2.45) is 0 Å². The molecule has 0 aromatic rings. The first kappa shape index (κ1) is 27.7. The minimum atomic E-state index is -4.04. The van der Waals surface area contributed by atoms with Crippen LogP contribution in [0, 0.1) is 0 Å². The first-order valence-corrected chi connectivity index (χ1v) is 13.4. The van der Waals surface area contributed by atoms with Crippen LogP contribution in [-0.2, 0) is 9.36 Å². The fourth-order valence-electron chi connectivity index (χ4n) is 2.19. The number of nitrogens with one attached hydrogen (secondary N) is 1. The molecule has 0 aromatic carbocycles. The summed E-state index contributed by atoms with van der Waals surface area (Å²) in [5, 5.41) is 2.66. The molecule has 0 rings (SSSR count). The van der Waals surface area contributed by atoms with Gasteiger partial charge in [0.05, 0.1) is 0 Å². The molecule has 0 aliphatic carbocycles. The van der Waals surface area contributed by atoms with Gasteiger partial charge in [0.1, 0.15) is 0 Å². The van der Waals surface area contributed by atoms with Gasteiger partial charge >= 0.3 is 6.80 Å². The maximum Gasteiger partial charge on any atom is 0.384 e. The smallest absolute Gasteiger partial charge is 0.355 e. The largest absolute Gasteiger partial charge is 0.384 e. The Morgan fingerprint density at radius 3 is 1.83 bits per heavy atom. The summed E-state index contributed by atoms with van der Waals surface area (Å²) in [6, 6.07) is 0. The van der Waals surface area contributed by atoms with E-state index in [0.29, 0.717) is 17.8 Å². The minimum absolute atomic E-state index is 0.0799. The van der Waals surface area contributed by atoms with E-state index in [1.54, 1.807) is 0 Å². The van der Waals surface area contributed by atoms with Crippen molar-refractivity contribution in [1.29, 1.82) is 0 Å². The van der Waals surface area contributed by atoms with Crippen molar-refractivity contribution in [3.8, 4) is 0 Å². The molecule has 29 heavy (non-hydrogen) atoms. The quantitative estimate of drug-likeness (QED) is 0.150. The summed E-state index contributed by atoms with van der Waals surface area (Å²) >= 11 is 0.551. The Morgan fingerprint density at radius 2 is 1.34 bits per heavy atom. The van der Waals surface area contributed by atoms with E-state index in [2.05, 4.69) is 73.0 Å². The number of hydrogen-bond donors (Lipinski definition) is 3. The maximum atomic E-state index is 11.6. The molecule has 164 valence electrons.